The number of hydrogen-bond acceptors (Lipinski definition) is 5. The van der Waals surface area contributed by atoms with Gasteiger partial charge in [-0.1, -0.05) is 17.3 Å². The minimum absolute atomic E-state index is 0.0318. The summed E-state index contributed by atoms with van der Waals surface area (Å²) in [7, 11) is 3.20. The van der Waals surface area contributed by atoms with E-state index in [9.17, 15) is 4.79 Å². The summed E-state index contributed by atoms with van der Waals surface area (Å²) in [5, 5.41) is 11.6. The first-order valence-corrected chi connectivity index (χ1v) is 6.53. The molecule has 1 aromatic carbocycles. The van der Waals surface area contributed by atoms with Crippen LogP contribution in [0.5, 0.6) is 0 Å². The van der Waals surface area contributed by atoms with Crippen molar-refractivity contribution >= 4 is 11.7 Å². The molecule has 1 fully saturated rings. The Balaban J connectivity index is 2.18. The Morgan fingerprint density at radius 2 is 1.86 bits per heavy atom. The van der Waals surface area contributed by atoms with E-state index in [-0.39, 0.29) is 24.0 Å². The van der Waals surface area contributed by atoms with Crippen LogP contribution in [0.4, 0.5) is 0 Å². The van der Waals surface area contributed by atoms with Gasteiger partial charge < -0.3 is 25.3 Å². The van der Waals surface area contributed by atoms with Crippen molar-refractivity contribution in [3.63, 3.8) is 0 Å². The molecule has 7 heteroatoms. The molecule has 0 saturated carbocycles. The fourth-order valence-electron chi connectivity index (χ4n) is 2.41. The smallest absolute Gasteiger partial charge is 0.254 e. The number of oxime groups is 1. The van der Waals surface area contributed by atoms with Gasteiger partial charge in [-0.25, -0.2) is 0 Å². The van der Waals surface area contributed by atoms with Crippen molar-refractivity contribution in [3.05, 3.63) is 35.4 Å². The van der Waals surface area contributed by atoms with Crippen molar-refractivity contribution in [2.24, 2.45) is 10.9 Å². The van der Waals surface area contributed by atoms with Crippen molar-refractivity contribution in [3.8, 4) is 0 Å². The maximum Gasteiger partial charge on any atom is 0.254 e. The number of nitrogens with zero attached hydrogens (tertiary/aromatic N) is 2. The van der Waals surface area contributed by atoms with Gasteiger partial charge >= 0.3 is 0 Å². The SMILES string of the molecule is COC1CN(C(=O)c2cccc(/C(N)=N/O)c2)CC1OC. The fraction of sp³-hybridized carbons (Fsp3) is 0.429. The van der Waals surface area contributed by atoms with Gasteiger partial charge in [0.15, 0.2) is 5.84 Å². The normalized spacial score (nSPS) is 22.6. The van der Waals surface area contributed by atoms with E-state index in [1.165, 1.54) is 0 Å². The quantitative estimate of drug-likeness (QED) is 0.359. The number of rotatable bonds is 4. The predicted octanol–water partition coefficient (Wildman–Crippen LogP) is 0.267. The molecule has 0 radical (unpaired) electrons. The van der Waals surface area contributed by atoms with Gasteiger partial charge in [-0.05, 0) is 12.1 Å². The first kappa shape index (κ1) is 15.3. The molecule has 1 saturated heterocycles. The average Bonchev–Trinajstić information content (AvgIpc) is 2.96. The summed E-state index contributed by atoms with van der Waals surface area (Å²) in [4.78, 5) is 14.2. The molecule has 2 unspecified atom stereocenters. The topological polar surface area (TPSA) is 97.4 Å². The van der Waals surface area contributed by atoms with Crippen molar-refractivity contribution in [2.75, 3.05) is 27.3 Å². The molecule has 1 aliphatic rings. The number of methoxy groups -OCH3 is 2. The molecule has 0 spiro atoms. The highest BCUT2D eigenvalue weighted by Gasteiger charge is 2.35. The van der Waals surface area contributed by atoms with Crippen LogP contribution < -0.4 is 5.73 Å². The van der Waals surface area contributed by atoms with Crippen molar-refractivity contribution in [1.82, 2.24) is 4.90 Å². The number of amidine groups is 1. The average molecular weight is 293 g/mol. The van der Waals surface area contributed by atoms with Crippen LogP contribution in [0.15, 0.2) is 29.4 Å². The van der Waals surface area contributed by atoms with Gasteiger partial charge in [0.2, 0.25) is 0 Å². The minimum atomic E-state index is -0.135. The number of likely N-dealkylation sites (tertiary alicyclic amines) is 1. The standard InChI is InChI=1S/C14H19N3O4/c1-20-11-7-17(8-12(11)21-2)14(18)10-5-3-4-9(6-10)13(15)16-19/h3-6,11-12,19H,7-8H2,1-2H3,(H2,15,16). The zero-order valence-electron chi connectivity index (χ0n) is 12.0. The molecular weight excluding hydrogens is 274 g/mol. The van der Waals surface area contributed by atoms with Gasteiger partial charge in [-0.3, -0.25) is 4.79 Å². The van der Waals surface area contributed by atoms with Gasteiger partial charge in [0.05, 0.1) is 0 Å². The minimum Gasteiger partial charge on any atom is -0.409 e. The van der Waals surface area contributed by atoms with Gasteiger partial charge in [0.25, 0.3) is 5.91 Å². The lowest BCUT2D eigenvalue weighted by molar-refractivity contribution is -0.00461. The summed E-state index contributed by atoms with van der Waals surface area (Å²) in [6.45, 7) is 0.948. The Kier molecular flexibility index (Phi) is 4.77. The Morgan fingerprint density at radius 3 is 2.38 bits per heavy atom. The number of amides is 1. The van der Waals surface area contributed by atoms with E-state index in [1.807, 2.05) is 0 Å². The third-order valence-electron chi connectivity index (χ3n) is 3.62. The first-order valence-electron chi connectivity index (χ1n) is 6.53. The molecule has 21 heavy (non-hydrogen) atoms. The number of nitrogens with two attached hydrogens (primary N) is 1. The van der Waals surface area contributed by atoms with Crippen molar-refractivity contribution in [1.29, 1.82) is 0 Å². The van der Waals surface area contributed by atoms with Gasteiger partial charge in [0, 0.05) is 38.4 Å². The molecule has 2 atom stereocenters. The summed E-state index contributed by atoms with van der Waals surface area (Å²) in [6.07, 6.45) is -0.266. The zero-order chi connectivity index (χ0) is 15.4. The molecular formula is C14H19N3O4. The molecule has 3 N–H and O–H groups in total. The second-order valence-corrected chi connectivity index (χ2v) is 4.82. The van der Waals surface area contributed by atoms with Crippen LogP contribution >= 0.6 is 0 Å². The van der Waals surface area contributed by atoms with Crippen molar-refractivity contribution < 1.29 is 19.5 Å². The van der Waals surface area contributed by atoms with Crippen LogP contribution in [0.2, 0.25) is 0 Å². The van der Waals surface area contributed by atoms with Crippen LogP contribution in [-0.4, -0.2) is 61.4 Å². The first-order chi connectivity index (χ1) is 10.1. The van der Waals surface area contributed by atoms with E-state index in [0.717, 1.165) is 0 Å². The van der Waals surface area contributed by atoms with Gasteiger partial charge in [-0.15, -0.1) is 0 Å². The largest absolute Gasteiger partial charge is 0.409 e. The fourth-order valence-corrected chi connectivity index (χ4v) is 2.41. The summed E-state index contributed by atoms with van der Waals surface area (Å²) in [5.41, 5.74) is 6.51. The lowest BCUT2D eigenvalue weighted by Gasteiger charge is -2.16. The second kappa shape index (κ2) is 6.55. The number of benzene rings is 1. The van der Waals surface area contributed by atoms with E-state index in [1.54, 1.807) is 43.4 Å². The van der Waals surface area contributed by atoms with Crippen molar-refractivity contribution in [2.45, 2.75) is 12.2 Å². The molecule has 7 nitrogen and oxygen atoms in total. The Morgan fingerprint density at radius 1 is 1.29 bits per heavy atom. The van der Waals surface area contributed by atoms with Crippen LogP contribution in [0.3, 0.4) is 0 Å². The van der Waals surface area contributed by atoms with E-state index in [4.69, 9.17) is 20.4 Å². The molecule has 1 aromatic rings. The van der Waals surface area contributed by atoms with Crippen LogP contribution in [0.25, 0.3) is 0 Å². The van der Waals surface area contributed by atoms with E-state index >= 15 is 0 Å². The lowest BCUT2D eigenvalue weighted by Crippen LogP contribution is -2.30. The van der Waals surface area contributed by atoms with E-state index < -0.39 is 0 Å². The molecule has 1 aliphatic heterocycles. The highest BCUT2D eigenvalue weighted by Crippen LogP contribution is 2.19. The lowest BCUT2D eigenvalue weighted by atomic mass is 10.1. The van der Waals surface area contributed by atoms with Crippen LogP contribution in [0, 0.1) is 0 Å². The molecule has 114 valence electrons. The van der Waals surface area contributed by atoms with Crippen LogP contribution in [0.1, 0.15) is 15.9 Å². The number of ether oxygens (including phenoxy) is 2. The predicted molar refractivity (Wildman–Crippen MR) is 76.5 cm³/mol. The van der Waals surface area contributed by atoms with Gasteiger partial charge in [0.1, 0.15) is 12.2 Å². The summed E-state index contributed by atoms with van der Waals surface area (Å²) >= 11 is 0. The summed E-state index contributed by atoms with van der Waals surface area (Å²) < 4.78 is 10.6. The third-order valence-corrected chi connectivity index (χ3v) is 3.62. The third kappa shape index (κ3) is 3.14. The van der Waals surface area contributed by atoms with E-state index in [2.05, 4.69) is 5.16 Å². The Hall–Kier alpha value is -2.12. The summed E-state index contributed by atoms with van der Waals surface area (Å²) in [5.74, 6) is -0.167. The second-order valence-electron chi connectivity index (χ2n) is 4.82. The molecule has 0 bridgehead atoms. The number of carbonyl (C=O) groups excluding carboxylic acids is 1. The Labute approximate surface area is 122 Å². The summed E-state index contributed by atoms with van der Waals surface area (Å²) in [6, 6.07) is 6.65. The van der Waals surface area contributed by atoms with Gasteiger partial charge in [-0.2, -0.15) is 0 Å². The molecule has 2 rings (SSSR count). The highest BCUT2D eigenvalue weighted by atomic mass is 16.5. The number of carbonyl (C=O) groups is 1. The maximum atomic E-state index is 12.5. The number of hydrogen-bond donors (Lipinski definition) is 2. The highest BCUT2D eigenvalue weighted by molar-refractivity contribution is 6.01. The molecule has 1 amide bonds. The maximum absolute atomic E-state index is 12.5. The zero-order valence-corrected chi connectivity index (χ0v) is 12.0. The van der Waals surface area contributed by atoms with Crippen LogP contribution in [-0.2, 0) is 9.47 Å². The monoisotopic (exact) mass is 293 g/mol. The molecule has 0 aliphatic carbocycles. The van der Waals surface area contributed by atoms with E-state index in [0.29, 0.717) is 24.2 Å². The molecule has 0 aromatic heterocycles. The Bertz CT molecular complexity index is 535. The molecule has 1 heterocycles.